The first-order valence-corrected chi connectivity index (χ1v) is 9.44. The highest BCUT2D eigenvalue weighted by molar-refractivity contribution is 7.99. The lowest BCUT2D eigenvalue weighted by atomic mass is 10.1. The molecule has 0 fully saturated rings. The second-order valence-electron chi connectivity index (χ2n) is 6.52. The van der Waals surface area contributed by atoms with Crippen molar-refractivity contribution in [3.05, 3.63) is 66.2 Å². The van der Waals surface area contributed by atoms with Crippen LogP contribution < -0.4 is 0 Å². The number of hydrogen-bond acceptors (Lipinski definition) is 2. The second-order valence-corrected chi connectivity index (χ2v) is 7.80. The van der Waals surface area contributed by atoms with Crippen LogP contribution in [0.3, 0.4) is 0 Å². The SMILES string of the molecule is CC(C)N(C(=O)CC(Sc1ccccc1)c1ccccc1)C(C)C. The van der Waals surface area contributed by atoms with Crippen molar-refractivity contribution in [1.82, 2.24) is 4.90 Å². The fraction of sp³-hybridized carbons (Fsp3) is 0.381. The fourth-order valence-electron chi connectivity index (χ4n) is 2.99. The lowest BCUT2D eigenvalue weighted by Crippen LogP contribution is -2.42. The van der Waals surface area contributed by atoms with E-state index in [0.29, 0.717) is 6.42 Å². The van der Waals surface area contributed by atoms with Crippen molar-refractivity contribution < 1.29 is 4.79 Å². The lowest BCUT2D eigenvalue weighted by Gasteiger charge is -2.32. The molecule has 1 atom stereocenters. The molecule has 0 N–H and O–H groups in total. The molecule has 1 amide bonds. The third-order valence-corrected chi connectivity index (χ3v) is 5.22. The van der Waals surface area contributed by atoms with Crippen LogP contribution in [0.1, 0.15) is 44.9 Å². The zero-order valence-electron chi connectivity index (χ0n) is 15.0. The third kappa shape index (κ3) is 5.13. The molecule has 2 rings (SSSR count). The number of hydrogen-bond donors (Lipinski definition) is 0. The highest BCUT2D eigenvalue weighted by Gasteiger charge is 2.24. The number of carbonyl (C=O) groups excluding carboxylic acids is 1. The second kappa shape index (κ2) is 8.93. The van der Waals surface area contributed by atoms with E-state index in [1.54, 1.807) is 11.8 Å². The largest absolute Gasteiger partial charge is 0.338 e. The van der Waals surface area contributed by atoms with Crippen LogP contribution in [0.25, 0.3) is 0 Å². The minimum Gasteiger partial charge on any atom is -0.338 e. The Bertz CT molecular complexity index is 617. The zero-order chi connectivity index (χ0) is 17.5. The molecular formula is C21H27NOS. The predicted molar refractivity (Wildman–Crippen MR) is 103 cm³/mol. The smallest absolute Gasteiger partial charge is 0.224 e. The summed E-state index contributed by atoms with van der Waals surface area (Å²) in [6.45, 7) is 8.33. The summed E-state index contributed by atoms with van der Waals surface area (Å²) in [4.78, 5) is 16.1. The summed E-state index contributed by atoms with van der Waals surface area (Å²) in [7, 11) is 0. The average Bonchev–Trinajstić information content (AvgIpc) is 2.55. The van der Waals surface area contributed by atoms with Crippen LogP contribution in [-0.2, 0) is 4.79 Å². The van der Waals surface area contributed by atoms with Crippen LogP contribution in [-0.4, -0.2) is 22.9 Å². The Kier molecular flexibility index (Phi) is 6.92. The predicted octanol–water partition coefficient (Wildman–Crippen LogP) is 5.56. The van der Waals surface area contributed by atoms with Crippen LogP contribution in [0, 0.1) is 0 Å². The van der Waals surface area contributed by atoms with Crippen molar-refractivity contribution in [2.75, 3.05) is 0 Å². The number of amides is 1. The molecule has 0 bridgehead atoms. The maximum Gasteiger partial charge on any atom is 0.224 e. The molecule has 0 spiro atoms. The van der Waals surface area contributed by atoms with Crippen molar-refractivity contribution in [3.8, 4) is 0 Å². The van der Waals surface area contributed by atoms with E-state index >= 15 is 0 Å². The monoisotopic (exact) mass is 341 g/mol. The van der Waals surface area contributed by atoms with E-state index in [4.69, 9.17) is 0 Å². The van der Waals surface area contributed by atoms with Gasteiger partial charge in [0, 0.05) is 28.6 Å². The van der Waals surface area contributed by atoms with Crippen molar-refractivity contribution in [1.29, 1.82) is 0 Å². The van der Waals surface area contributed by atoms with Crippen LogP contribution in [0.5, 0.6) is 0 Å². The van der Waals surface area contributed by atoms with Gasteiger partial charge in [-0.3, -0.25) is 4.79 Å². The van der Waals surface area contributed by atoms with Gasteiger partial charge in [0.05, 0.1) is 0 Å². The molecule has 0 saturated carbocycles. The first-order valence-electron chi connectivity index (χ1n) is 8.57. The summed E-state index contributed by atoms with van der Waals surface area (Å²) >= 11 is 1.76. The number of thioether (sulfide) groups is 1. The summed E-state index contributed by atoms with van der Waals surface area (Å²) in [5, 5.41) is 0.126. The Morgan fingerprint density at radius 3 is 1.88 bits per heavy atom. The topological polar surface area (TPSA) is 20.3 Å². The number of benzene rings is 2. The van der Waals surface area contributed by atoms with Gasteiger partial charge in [0.15, 0.2) is 0 Å². The molecule has 0 aliphatic carbocycles. The minimum absolute atomic E-state index is 0.126. The maximum absolute atomic E-state index is 12.9. The molecule has 3 heteroatoms. The van der Waals surface area contributed by atoms with Crippen LogP contribution in [0.4, 0.5) is 0 Å². The van der Waals surface area contributed by atoms with Crippen molar-refractivity contribution >= 4 is 17.7 Å². The molecule has 2 aromatic carbocycles. The molecule has 1 unspecified atom stereocenters. The van der Waals surface area contributed by atoms with E-state index in [1.165, 1.54) is 10.5 Å². The summed E-state index contributed by atoms with van der Waals surface area (Å²) in [5.74, 6) is 0.220. The van der Waals surface area contributed by atoms with Gasteiger partial charge in [-0.15, -0.1) is 11.8 Å². The molecule has 0 radical (unpaired) electrons. The summed E-state index contributed by atoms with van der Waals surface area (Å²) < 4.78 is 0. The van der Waals surface area contributed by atoms with E-state index in [0.717, 1.165) is 0 Å². The lowest BCUT2D eigenvalue weighted by molar-refractivity contribution is -0.134. The standard InChI is InChI=1S/C21H27NOS/c1-16(2)22(17(3)4)21(23)15-20(18-11-7-5-8-12-18)24-19-13-9-6-10-14-19/h5-14,16-17,20H,15H2,1-4H3. The van der Waals surface area contributed by atoms with Crippen LogP contribution in [0.2, 0.25) is 0 Å². The fourth-order valence-corrected chi connectivity index (χ4v) is 4.16. The number of nitrogens with zero attached hydrogens (tertiary/aromatic N) is 1. The molecule has 2 nitrogen and oxygen atoms in total. The minimum atomic E-state index is 0.126. The quantitative estimate of drug-likeness (QED) is 0.615. The Morgan fingerprint density at radius 2 is 1.38 bits per heavy atom. The van der Waals surface area contributed by atoms with Crippen LogP contribution >= 0.6 is 11.8 Å². The highest BCUT2D eigenvalue weighted by Crippen LogP contribution is 2.38. The number of rotatable bonds is 7. The van der Waals surface area contributed by atoms with E-state index in [9.17, 15) is 4.79 Å². The molecule has 2 aromatic rings. The van der Waals surface area contributed by atoms with Gasteiger partial charge in [0.1, 0.15) is 0 Å². The van der Waals surface area contributed by atoms with Gasteiger partial charge in [0.25, 0.3) is 0 Å². The Balaban J connectivity index is 2.21. The van der Waals surface area contributed by atoms with Gasteiger partial charge in [-0.1, -0.05) is 48.5 Å². The Morgan fingerprint density at radius 1 is 0.875 bits per heavy atom. The van der Waals surface area contributed by atoms with E-state index < -0.39 is 0 Å². The summed E-state index contributed by atoms with van der Waals surface area (Å²) in [5.41, 5.74) is 1.20. The highest BCUT2D eigenvalue weighted by atomic mass is 32.2. The van der Waals surface area contributed by atoms with Gasteiger partial charge in [0.2, 0.25) is 5.91 Å². The van der Waals surface area contributed by atoms with Crippen molar-refractivity contribution in [3.63, 3.8) is 0 Å². The molecule has 0 heterocycles. The molecule has 128 valence electrons. The third-order valence-electron chi connectivity index (χ3n) is 3.95. The van der Waals surface area contributed by atoms with E-state index in [2.05, 4.69) is 52.0 Å². The normalized spacial score (nSPS) is 12.4. The molecule has 0 aliphatic rings. The first-order chi connectivity index (χ1) is 11.5. The van der Waals surface area contributed by atoms with E-state index in [1.807, 2.05) is 41.3 Å². The van der Waals surface area contributed by atoms with Crippen molar-refractivity contribution in [2.45, 2.75) is 56.3 Å². The Hall–Kier alpha value is -1.74. The van der Waals surface area contributed by atoms with E-state index in [-0.39, 0.29) is 23.2 Å². The average molecular weight is 342 g/mol. The summed E-state index contributed by atoms with van der Waals surface area (Å²) in [6, 6.07) is 21.1. The zero-order valence-corrected chi connectivity index (χ0v) is 15.8. The molecule has 0 saturated heterocycles. The first kappa shape index (κ1) is 18.6. The summed E-state index contributed by atoms with van der Waals surface area (Å²) in [6.07, 6.45) is 0.514. The van der Waals surface area contributed by atoms with Gasteiger partial charge in [-0.2, -0.15) is 0 Å². The molecule has 24 heavy (non-hydrogen) atoms. The molecule has 0 aromatic heterocycles. The van der Waals surface area contributed by atoms with Gasteiger partial charge < -0.3 is 4.90 Å². The number of carbonyl (C=O) groups is 1. The Labute approximate surface area is 150 Å². The molecule has 0 aliphatic heterocycles. The van der Waals surface area contributed by atoms with Gasteiger partial charge in [-0.05, 0) is 45.4 Å². The van der Waals surface area contributed by atoms with Gasteiger partial charge in [-0.25, -0.2) is 0 Å². The maximum atomic E-state index is 12.9. The van der Waals surface area contributed by atoms with Crippen LogP contribution in [0.15, 0.2) is 65.6 Å². The van der Waals surface area contributed by atoms with Gasteiger partial charge >= 0.3 is 0 Å². The molecular weight excluding hydrogens is 314 g/mol. The van der Waals surface area contributed by atoms with Crippen molar-refractivity contribution in [2.24, 2.45) is 0 Å².